The summed E-state index contributed by atoms with van der Waals surface area (Å²) in [6.45, 7) is 0. The van der Waals surface area contributed by atoms with Crippen molar-refractivity contribution in [3.05, 3.63) is 90.2 Å². The van der Waals surface area contributed by atoms with Gasteiger partial charge in [-0.05, 0) is 41.1 Å². The van der Waals surface area contributed by atoms with E-state index in [9.17, 15) is 0 Å². The lowest BCUT2D eigenvalue weighted by Crippen LogP contribution is -2.42. The van der Waals surface area contributed by atoms with Gasteiger partial charge < -0.3 is 19.4 Å². The molecule has 0 fully saturated rings. The van der Waals surface area contributed by atoms with E-state index in [2.05, 4.69) is 29.6 Å². The molecule has 0 saturated carbocycles. The fraction of sp³-hybridized carbons (Fsp3) is 0.0870. The van der Waals surface area contributed by atoms with Crippen molar-refractivity contribution in [3.63, 3.8) is 0 Å². The van der Waals surface area contributed by atoms with Crippen LogP contribution in [0.25, 0.3) is 10.8 Å². The van der Waals surface area contributed by atoms with E-state index in [1.54, 1.807) is 13.4 Å². The summed E-state index contributed by atoms with van der Waals surface area (Å²) in [5.74, 6) is 1.80. The second-order valence-corrected chi connectivity index (χ2v) is 6.70. The first-order valence-corrected chi connectivity index (χ1v) is 9.10. The molecule has 0 aliphatic carbocycles. The van der Waals surface area contributed by atoms with E-state index in [1.807, 2.05) is 53.4 Å². The van der Waals surface area contributed by atoms with Gasteiger partial charge in [-0.3, -0.25) is 5.41 Å². The highest BCUT2D eigenvalue weighted by Crippen LogP contribution is 2.39. The quantitative estimate of drug-likeness (QED) is 0.508. The van der Waals surface area contributed by atoms with Crippen molar-refractivity contribution in [2.45, 2.75) is 6.17 Å². The molecular formula is C23H19N3O2. The van der Waals surface area contributed by atoms with Gasteiger partial charge in [0.2, 0.25) is 5.88 Å². The zero-order valence-electron chi connectivity index (χ0n) is 15.3. The van der Waals surface area contributed by atoms with Crippen LogP contribution >= 0.6 is 0 Å². The Morgan fingerprint density at radius 1 is 0.964 bits per heavy atom. The minimum atomic E-state index is -0.273. The SMILES string of the molecule is COc1ccc(N2C(=N)c3ccoc3NC2c2cccc3ccccc23)cc1. The van der Waals surface area contributed by atoms with E-state index in [0.29, 0.717) is 11.7 Å². The molecule has 0 bridgehead atoms. The molecule has 0 spiro atoms. The molecule has 5 heteroatoms. The lowest BCUT2D eigenvalue weighted by molar-refractivity contribution is 0.415. The number of hydrogen-bond acceptors (Lipinski definition) is 4. The predicted molar refractivity (Wildman–Crippen MR) is 111 cm³/mol. The molecule has 5 rings (SSSR count). The Labute approximate surface area is 162 Å². The molecule has 1 unspecified atom stereocenters. The first kappa shape index (κ1) is 16.4. The number of rotatable bonds is 3. The van der Waals surface area contributed by atoms with Gasteiger partial charge in [-0.1, -0.05) is 42.5 Å². The summed E-state index contributed by atoms with van der Waals surface area (Å²) in [5.41, 5.74) is 2.73. The predicted octanol–water partition coefficient (Wildman–Crippen LogP) is 5.40. The van der Waals surface area contributed by atoms with E-state index < -0.39 is 0 Å². The fourth-order valence-corrected chi connectivity index (χ4v) is 3.78. The lowest BCUT2D eigenvalue weighted by atomic mass is 9.99. The van der Waals surface area contributed by atoms with E-state index in [4.69, 9.17) is 14.6 Å². The third-order valence-electron chi connectivity index (χ3n) is 5.16. The molecule has 0 radical (unpaired) electrons. The standard InChI is InChI=1S/C23H19N3O2/c1-27-17-11-9-16(10-12-17)26-21(24)20-13-14-28-23(20)25-22(26)19-8-4-6-15-5-2-3-7-18(15)19/h2-14,22,24-25H,1H3. The van der Waals surface area contributed by atoms with Gasteiger partial charge in [0.1, 0.15) is 17.8 Å². The summed E-state index contributed by atoms with van der Waals surface area (Å²) >= 11 is 0. The van der Waals surface area contributed by atoms with E-state index in [-0.39, 0.29) is 6.17 Å². The highest BCUT2D eigenvalue weighted by Gasteiger charge is 2.34. The third kappa shape index (κ3) is 2.52. The molecular weight excluding hydrogens is 350 g/mol. The zero-order valence-corrected chi connectivity index (χ0v) is 15.3. The van der Waals surface area contributed by atoms with Gasteiger partial charge in [0.05, 0.1) is 18.9 Å². The summed E-state index contributed by atoms with van der Waals surface area (Å²) < 4.78 is 10.9. The van der Waals surface area contributed by atoms with Crippen LogP contribution in [-0.4, -0.2) is 12.9 Å². The molecule has 5 nitrogen and oxygen atoms in total. The Hall–Kier alpha value is -3.73. The van der Waals surface area contributed by atoms with Crippen molar-refractivity contribution < 1.29 is 9.15 Å². The second kappa shape index (κ2) is 6.46. The molecule has 1 atom stereocenters. The van der Waals surface area contributed by atoms with Crippen LogP contribution in [0.3, 0.4) is 0 Å². The van der Waals surface area contributed by atoms with Crippen molar-refractivity contribution >= 4 is 28.2 Å². The maximum Gasteiger partial charge on any atom is 0.205 e. The molecule has 4 aromatic rings. The van der Waals surface area contributed by atoms with Crippen LogP contribution in [0.15, 0.2) is 83.5 Å². The maximum absolute atomic E-state index is 8.86. The van der Waals surface area contributed by atoms with Crippen LogP contribution in [0.5, 0.6) is 5.75 Å². The number of hydrogen-bond donors (Lipinski definition) is 2. The molecule has 1 aromatic heterocycles. The van der Waals surface area contributed by atoms with Crippen LogP contribution in [0.2, 0.25) is 0 Å². The molecule has 0 amide bonds. The summed E-state index contributed by atoms with van der Waals surface area (Å²) in [7, 11) is 1.65. The average Bonchev–Trinajstić information content (AvgIpc) is 3.22. The lowest BCUT2D eigenvalue weighted by Gasteiger charge is -2.38. The second-order valence-electron chi connectivity index (χ2n) is 6.70. The van der Waals surface area contributed by atoms with Gasteiger partial charge in [-0.2, -0.15) is 0 Å². The first-order chi connectivity index (χ1) is 13.8. The number of ether oxygens (including phenoxy) is 1. The van der Waals surface area contributed by atoms with Gasteiger partial charge in [-0.15, -0.1) is 0 Å². The Morgan fingerprint density at radius 3 is 2.57 bits per heavy atom. The Balaban J connectivity index is 1.69. The van der Waals surface area contributed by atoms with Crippen molar-refractivity contribution in [2.24, 2.45) is 0 Å². The van der Waals surface area contributed by atoms with Crippen LogP contribution < -0.4 is 15.0 Å². The van der Waals surface area contributed by atoms with Crippen LogP contribution in [0.1, 0.15) is 17.3 Å². The monoisotopic (exact) mass is 369 g/mol. The number of fused-ring (bicyclic) bond motifs is 2. The molecule has 1 aliphatic heterocycles. The summed E-state index contributed by atoms with van der Waals surface area (Å²) in [5, 5.41) is 14.6. The molecule has 1 aliphatic rings. The highest BCUT2D eigenvalue weighted by molar-refractivity contribution is 6.13. The summed E-state index contributed by atoms with van der Waals surface area (Å²) in [4.78, 5) is 1.99. The summed E-state index contributed by atoms with van der Waals surface area (Å²) in [6, 6.07) is 24.1. The van der Waals surface area contributed by atoms with Gasteiger partial charge in [0, 0.05) is 11.3 Å². The van der Waals surface area contributed by atoms with E-state index >= 15 is 0 Å². The smallest absolute Gasteiger partial charge is 0.205 e. The van der Waals surface area contributed by atoms with Crippen molar-refractivity contribution in [3.8, 4) is 5.75 Å². The van der Waals surface area contributed by atoms with Crippen LogP contribution in [-0.2, 0) is 0 Å². The Morgan fingerprint density at radius 2 is 1.75 bits per heavy atom. The number of nitrogens with zero attached hydrogens (tertiary/aromatic N) is 1. The number of furan rings is 1. The topological polar surface area (TPSA) is 61.5 Å². The Bertz CT molecular complexity index is 1160. The van der Waals surface area contributed by atoms with E-state index in [0.717, 1.165) is 33.3 Å². The minimum absolute atomic E-state index is 0.273. The number of nitrogens with one attached hydrogen (secondary N) is 2. The van der Waals surface area contributed by atoms with Gasteiger partial charge in [0.25, 0.3) is 0 Å². The number of benzene rings is 3. The molecule has 0 saturated heterocycles. The number of methoxy groups -OCH3 is 1. The fourth-order valence-electron chi connectivity index (χ4n) is 3.78. The Kier molecular flexibility index (Phi) is 3.79. The molecule has 138 valence electrons. The molecule has 2 N–H and O–H groups in total. The average molecular weight is 369 g/mol. The largest absolute Gasteiger partial charge is 0.497 e. The van der Waals surface area contributed by atoms with Crippen molar-refractivity contribution in [2.75, 3.05) is 17.3 Å². The molecule has 2 heterocycles. The maximum atomic E-state index is 8.86. The van der Waals surface area contributed by atoms with Crippen molar-refractivity contribution in [1.82, 2.24) is 0 Å². The highest BCUT2D eigenvalue weighted by atomic mass is 16.5. The van der Waals surface area contributed by atoms with Gasteiger partial charge >= 0.3 is 0 Å². The van der Waals surface area contributed by atoms with Gasteiger partial charge in [-0.25, -0.2) is 0 Å². The third-order valence-corrected chi connectivity index (χ3v) is 5.16. The zero-order chi connectivity index (χ0) is 19.1. The molecule has 3 aromatic carbocycles. The minimum Gasteiger partial charge on any atom is -0.497 e. The van der Waals surface area contributed by atoms with E-state index in [1.165, 1.54) is 0 Å². The first-order valence-electron chi connectivity index (χ1n) is 9.10. The molecule has 28 heavy (non-hydrogen) atoms. The number of amidine groups is 1. The van der Waals surface area contributed by atoms with Gasteiger partial charge in [0.15, 0.2) is 0 Å². The normalized spacial score (nSPS) is 16.0. The van der Waals surface area contributed by atoms with Crippen LogP contribution in [0, 0.1) is 5.41 Å². The number of anilines is 2. The van der Waals surface area contributed by atoms with Crippen molar-refractivity contribution in [1.29, 1.82) is 5.41 Å². The summed E-state index contributed by atoms with van der Waals surface area (Å²) in [6.07, 6.45) is 1.34. The van der Waals surface area contributed by atoms with Crippen LogP contribution in [0.4, 0.5) is 11.6 Å².